The molecular weight excluding hydrogens is 358 g/mol. The predicted octanol–water partition coefficient (Wildman–Crippen LogP) is 3.15. The van der Waals surface area contributed by atoms with Crippen molar-refractivity contribution in [2.75, 3.05) is 19.6 Å². The molecule has 1 atom stereocenters. The summed E-state index contributed by atoms with van der Waals surface area (Å²) in [6, 6.07) is 8.49. The van der Waals surface area contributed by atoms with Crippen LogP contribution in [0.15, 0.2) is 24.3 Å². The van der Waals surface area contributed by atoms with E-state index in [-0.39, 0.29) is 12.5 Å². The third kappa shape index (κ3) is 5.05. The van der Waals surface area contributed by atoms with Gasteiger partial charge in [0.2, 0.25) is 5.91 Å². The predicted molar refractivity (Wildman–Crippen MR) is 110 cm³/mol. The fourth-order valence-electron chi connectivity index (χ4n) is 3.65. The molecule has 1 saturated heterocycles. The van der Waals surface area contributed by atoms with E-state index in [4.69, 9.17) is 12.2 Å². The van der Waals surface area contributed by atoms with Crippen LogP contribution in [0.25, 0.3) is 11.4 Å². The number of nitrogens with one attached hydrogen (secondary N) is 2. The number of aromatic nitrogens is 3. The second-order valence-electron chi connectivity index (χ2n) is 7.79. The van der Waals surface area contributed by atoms with Gasteiger partial charge in [-0.15, -0.1) is 0 Å². The average molecular weight is 388 g/mol. The van der Waals surface area contributed by atoms with Crippen molar-refractivity contribution in [3.63, 3.8) is 0 Å². The van der Waals surface area contributed by atoms with Gasteiger partial charge in [0.25, 0.3) is 0 Å². The molecule has 2 heterocycles. The van der Waals surface area contributed by atoms with E-state index >= 15 is 0 Å². The molecule has 1 fully saturated rings. The van der Waals surface area contributed by atoms with Crippen LogP contribution in [0.3, 0.4) is 0 Å². The van der Waals surface area contributed by atoms with Crippen LogP contribution >= 0.6 is 12.2 Å². The zero-order valence-corrected chi connectivity index (χ0v) is 17.2. The Hall–Kier alpha value is -1.99. The number of likely N-dealkylation sites (tertiary alicyclic amines) is 1. The summed E-state index contributed by atoms with van der Waals surface area (Å²) in [5.41, 5.74) is 2.12. The normalized spacial score (nSPS) is 17.6. The number of rotatable bonds is 7. The van der Waals surface area contributed by atoms with Gasteiger partial charge in [0, 0.05) is 24.7 Å². The topological polar surface area (TPSA) is 66.0 Å². The van der Waals surface area contributed by atoms with Crippen molar-refractivity contribution in [3.8, 4) is 11.4 Å². The van der Waals surface area contributed by atoms with Crippen molar-refractivity contribution >= 4 is 18.1 Å². The molecule has 27 heavy (non-hydrogen) atoms. The molecular formula is C20H29N5OS. The van der Waals surface area contributed by atoms with Crippen molar-refractivity contribution < 1.29 is 4.79 Å². The number of carbonyl (C=O) groups is 1. The Bertz CT molecular complexity index is 824. The van der Waals surface area contributed by atoms with Gasteiger partial charge in [0.15, 0.2) is 10.6 Å². The number of aryl methyl sites for hydroxylation is 1. The number of carbonyl (C=O) groups excluding carboxylic acids is 1. The number of hydrogen-bond acceptors (Lipinski definition) is 4. The molecule has 2 aromatic rings. The first-order valence-corrected chi connectivity index (χ1v) is 10.1. The van der Waals surface area contributed by atoms with Crippen LogP contribution in [0.5, 0.6) is 0 Å². The molecule has 1 aliphatic rings. The van der Waals surface area contributed by atoms with Crippen LogP contribution in [0.4, 0.5) is 0 Å². The van der Waals surface area contributed by atoms with Gasteiger partial charge in [-0.25, -0.2) is 0 Å². The molecule has 6 nitrogen and oxygen atoms in total. The summed E-state index contributed by atoms with van der Waals surface area (Å²) in [5, 5.41) is 10.2. The van der Waals surface area contributed by atoms with Crippen molar-refractivity contribution in [3.05, 3.63) is 34.6 Å². The van der Waals surface area contributed by atoms with Crippen LogP contribution < -0.4 is 5.32 Å². The highest BCUT2D eigenvalue weighted by atomic mass is 32.1. The van der Waals surface area contributed by atoms with E-state index in [9.17, 15) is 4.79 Å². The highest BCUT2D eigenvalue weighted by Gasteiger charge is 2.25. The standard InChI is InChI=1S/C20H29N5OS/c1-14(2)12-24-10-4-5-17(24)11-21-18(26)13-25-19(22-23-20(25)27)16-8-6-15(3)7-9-16/h6-9,14,17H,4-5,10-13H2,1-3H3,(H,21,26)(H,23,27)/t17-/m1/s1. The van der Waals surface area contributed by atoms with Gasteiger partial charge < -0.3 is 5.32 Å². The second-order valence-corrected chi connectivity index (χ2v) is 8.18. The van der Waals surface area contributed by atoms with E-state index in [1.54, 1.807) is 4.57 Å². The number of hydrogen-bond donors (Lipinski definition) is 2. The van der Waals surface area contributed by atoms with Crippen molar-refractivity contribution in [1.82, 2.24) is 25.0 Å². The van der Waals surface area contributed by atoms with Crippen molar-refractivity contribution in [2.24, 2.45) is 5.92 Å². The van der Waals surface area contributed by atoms with Gasteiger partial charge in [0.05, 0.1) is 0 Å². The van der Waals surface area contributed by atoms with Gasteiger partial charge in [-0.1, -0.05) is 43.7 Å². The lowest BCUT2D eigenvalue weighted by Crippen LogP contribution is -2.42. The fraction of sp³-hybridized carbons (Fsp3) is 0.550. The van der Waals surface area contributed by atoms with Gasteiger partial charge in [-0.2, -0.15) is 5.10 Å². The van der Waals surface area contributed by atoms with Gasteiger partial charge in [0.1, 0.15) is 6.54 Å². The molecule has 2 N–H and O–H groups in total. The van der Waals surface area contributed by atoms with E-state index in [0.717, 1.165) is 25.1 Å². The van der Waals surface area contributed by atoms with Crippen LogP contribution in [0.1, 0.15) is 32.3 Å². The number of aromatic amines is 1. The lowest BCUT2D eigenvalue weighted by molar-refractivity contribution is -0.121. The average Bonchev–Trinajstić information content (AvgIpc) is 3.20. The molecule has 0 bridgehead atoms. The maximum absolute atomic E-state index is 12.5. The number of amides is 1. The van der Waals surface area contributed by atoms with E-state index < -0.39 is 0 Å². The summed E-state index contributed by atoms with van der Waals surface area (Å²) in [6.07, 6.45) is 2.35. The molecule has 1 aliphatic heterocycles. The third-order valence-electron chi connectivity index (χ3n) is 5.00. The Morgan fingerprint density at radius 3 is 2.81 bits per heavy atom. The van der Waals surface area contributed by atoms with Gasteiger partial charge >= 0.3 is 0 Å². The molecule has 7 heteroatoms. The zero-order valence-electron chi connectivity index (χ0n) is 16.4. The molecule has 0 aliphatic carbocycles. The van der Waals surface area contributed by atoms with Crippen LogP contribution in [0, 0.1) is 17.6 Å². The van der Waals surface area contributed by atoms with Gasteiger partial charge in [-0.3, -0.25) is 19.4 Å². The maximum Gasteiger partial charge on any atom is 0.240 e. The SMILES string of the molecule is Cc1ccc(-c2n[nH]c(=S)n2CC(=O)NC[C@H]2CCCN2CC(C)C)cc1. The number of nitrogens with zero attached hydrogens (tertiary/aromatic N) is 3. The molecule has 0 unspecified atom stereocenters. The van der Waals surface area contributed by atoms with Crippen LogP contribution in [-0.4, -0.2) is 51.2 Å². The zero-order chi connectivity index (χ0) is 19.4. The lowest BCUT2D eigenvalue weighted by atomic mass is 10.1. The Morgan fingerprint density at radius 1 is 1.37 bits per heavy atom. The first-order valence-electron chi connectivity index (χ1n) is 9.67. The van der Waals surface area contributed by atoms with Crippen LogP contribution in [-0.2, 0) is 11.3 Å². The third-order valence-corrected chi connectivity index (χ3v) is 5.32. The highest BCUT2D eigenvalue weighted by Crippen LogP contribution is 2.19. The molecule has 3 rings (SSSR count). The van der Waals surface area contributed by atoms with Crippen molar-refractivity contribution in [2.45, 2.75) is 46.2 Å². The molecule has 0 radical (unpaired) electrons. The van der Waals surface area contributed by atoms with E-state index in [2.05, 4.69) is 34.3 Å². The quantitative estimate of drug-likeness (QED) is 0.716. The first kappa shape index (κ1) is 19.8. The summed E-state index contributed by atoms with van der Waals surface area (Å²) >= 11 is 5.33. The molecule has 1 aromatic carbocycles. The van der Waals surface area contributed by atoms with Crippen LogP contribution in [0.2, 0.25) is 0 Å². The minimum absolute atomic E-state index is 0.0303. The summed E-state index contributed by atoms with van der Waals surface area (Å²) in [6.45, 7) is 9.60. The molecule has 0 saturated carbocycles. The molecule has 0 spiro atoms. The summed E-state index contributed by atoms with van der Waals surface area (Å²) in [7, 11) is 0. The van der Waals surface area contributed by atoms with E-state index in [1.165, 1.54) is 12.0 Å². The maximum atomic E-state index is 12.5. The molecule has 1 amide bonds. The Balaban J connectivity index is 1.62. The minimum Gasteiger partial charge on any atom is -0.353 e. The summed E-state index contributed by atoms with van der Waals surface area (Å²) < 4.78 is 2.22. The monoisotopic (exact) mass is 387 g/mol. The Morgan fingerprint density at radius 2 is 2.11 bits per heavy atom. The highest BCUT2D eigenvalue weighted by molar-refractivity contribution is 7.71. The first-order chi connectivity index (χ1) is 12.9. The second kappa shape index (κ2) is 8.80. The Labute approximate surface area is 166 Å². The van der Waals surface area contributed by atoms with E-state index in [0.29, 0.717) is 29.1 Å². The molecule has 146 valence electrons. The smallest absolute Gasteiger partial charge is 0.240 e. The minimum atomic E-state index is -0.0303. The lowest BCUT2D eigenvalue weighted by Gasteiger charge is -2.26. The van der Waals surface area contributed by atoms with Crippen molar-refractivity contribution in [1.29, 1.82) is 0 Å². The molecule has 1 aromatic heterocycles. The number of H-pyrrole nitrogens is 1. The fourth-order valence-corrected chi connectivity index (χ4v) is 3.85. The number of benzene rings is 1. The largest absolute Gasteiger partial charge is 0.353 e. The van der Waals surface area contributed by atoms with Gasteiger partial charge in [-0.05, 0) is 44.4 Å². The summed E-state index contributed by atoms with van der Waals surface area (Å²) in [4.78, 5) is 15.0. The summed E-state index contributed by atoms with van der Waals surface area (Å²) in [5.74, 6) is 1.30. The Kier molecular flexibility index (Phi) is 6.44. The van der Waals surface area contributed by atoms with E-state index in [1.807, 2.05) is 31.2 Å².